The molecule has 0 saturated heterocycles. The van der Waals surface area contributed by atoms with Crippen LogP contribution in [0.2, 0.25) is 0 Å². The van der Waals surface area contributed by atoms with E-state index in [4.69, 9.17) is 0 Å². The van der Waals surface area contributed by atoms with Crippen molar-refractivity contribution in [3.8, 4) is 0 Å². The number of nitrogens with one attached hydrogen (secondary N) is 1. The molecule has 0 atom stereocenters. The molecule has 108 valence electrons. The van der Waals surface area contributed by atoms with Gasteiger partial charge in [-0.25, -0.2) is 0 Å². The number of aromatic nitrogens is 1. The zero-order valence-corrected chi connectivity index (χ0v) is 11.5. The van der Waals surface area contributed by atoms with Gasteiger partial charge in [0.15, 0.2) is 5.43 Å². The highest BCUT2D eigenvalue weighted by molar-refractivity contribution is 5.80. The molecule has 3 aromatic rings. The van der Waals surface area contributed by atoms with E-state index in [1.807, 2.05) is 18.2 Å². The number of para-hydroxylation sites is 1. The second-order valence-corrected chi connectivity index (χ2v) is 4.82. The van der Waals surface area contributed by atoms with Gasteiger partial charge in [0.1, 0.15) is 0 Å². The van der Waals surface area contributed by atoms with Crippen molar-refractivity contribution in [2.45, 2.75) is 0 Å². The van der Waals surface area contributed by atoms with Crippen LogP contribution in [0.15, 0.2) is 59.4 Å². The molecule has 1 N–H and O–H groups in total. The van der Waals surface area contributed by atoms with Gasteiger partial charge in [-0.2, -0.15) is 0 Å². The molecule has 0 radical (unpaired) electrons. The predicted octanol–water partition coefficient (Wildman–Crippen LogP) is 3.61. The van der Waals surface area contributed by atoms with Crippen LogP contribution >= 0.6 is 0 Å². The van der Waals surface area contributed by atoms with Crippen LogP contribution in [-0.2, 0) is 0 Å². The molecule has 0 aliphatic rings. The van der Waals surface area contributed by atoms with Crippen molar-refractivity contribution >= 4 is 28.7 Å². The smallest absolute Gasteiger partial charge is 0.270 e. The molecule has 0 unspecified atom stereocenters. The Hall–Kier alpha value is -3.21. The highest BCUT2D eigenvalue weighted by Gasteiger charge is 2.04. The van der Waals surface area contributed by atoms with Crippen LogP contribution in [-0.4, -0.2) is 9.91 Å². The molecule has 22 heavy (non-hydrogen) atoms. The van der Waals surface area contributed by atoms with E-state index in [1.54, 1.807) is 30.4 Å². The maximum absolute atomic E-state index is 12.0. The summed E-state index contributed by atoms with van der Waals surface area (Å²) >= 11 is 0. The zero-order valence-electron chi connectivity index (χ0n) is 11.5. The first-order valence-corrected chi connectivity index (χ1v) is 6.68. The van der Waals surface area contributed by atoms with Crippen LogP contribution < -0.4 is 5.43 Å². The molecule has 2 aromatic carbocycles. The van der Waals surface area contributed by atoms with Gasteiger partial charge < -0.3 is 4.98 Å². The van der Waals surface area contributed by atoms with E-state index < -0.39 is 4.92 Å². The van der Waals surface area contributed by atoms with Crippen LogP contribution in [0.4, 0.5) is 5.69 Å². The summed E-state index contributed by atoms with van der Waals surface area (Å²) in [7, 11) is 0. The fourth-order valence-corrected chi connectivity index (χ4v) is 2.24. The number of rotatable bonds is 3. The Bertz CT molecular complexity index is 942. The fourth-order valence-electron chi connectivity index (χ4n) is 2.24. The summed E-state index contributed by atoms with van der Waals surface area (Å²) in [6.45, 7) is 0. The van der Waals surface area contributed by atoms with E-state index in [-0.39, 0.29) is 11.1 Å². The summed E-state index contributed by atoms with van der Waals surface area (Å²) in [5.74, 6) is 0. The summed E-state index contributed by atoms with van der Waals surface area (Å²) in [5, 5.41) is 11.4. The first-order chi connectivity index (χ1) is 10.6. The number of aromatic amines is 1. The first-order valence-electron chi connectivity index (χ1n) is 6.68. The van der Waals surface area contributed by atoms with E-state index in [9.17, 15) is 14.9 Å². The van der Waals surface area contributed by atoms with Gasteiger partial charge in [-0.1, -0.05) is 30.3 Å². The van der Waals surface area contributed by atoms with Crippen molar-refractivity contribution in [2.75, 3.05) is 0 Å². The van der Waals surface area contributed by atoms with E-state index in [1.165, 1.54) is 18.2 Å². The first kappa shape index (κ1) is 13.8. The molecule has 1 aromatic heterocycles. The monoisotopic (exact) mass is 292 g/mol. The maximum atomic E-state index is 12.0. The number of fused-ring (bicyclic) bond motifs is 1. The fraction of sp³-hybridized carbons (Fsp3) is 0. The lowest BCUT2D eigenvalue weighted by Gasteiger charge is -2.00. The standard InChI is InChI=1S/C17H12N2O3/c20-17-11-13(18-16-7-2-1-6-15(16)17)9-8-12-4-3-5-14(10-12)19(21)22/h1-11H,(H,18,20)/b9-8+. The topological polar surface area (TPSA) is 76.0 Å². The van der Waals surface area contributed by atoms with Crippen molar-refractivity contribution in [1.82, 2.24) is 4.98 Å². The van der Waals surface area contributed by atoms with Crippen LogP contribution in [0.3, 0.4) is 0 Å². The Balaban J connectivity index is 1.97. The molecule has 5 nitrogen and oxygen atoms in total. The Kier molecular flexibility index (Phi) is 3.53. The Morgan fingerprint density at radius 2 is 1.82 bits per heavy atom. The van der Waals surface area contributed by atoms with Gasteiger partial charge in [-0.3, -0.25) is 14.9 Å². The molecular weight excluding hydrogens is 280 g/mol. The van der Waals surface area contributed by atoms with Crippen LogP contribution in [0.25, 0.3) is 23.1 Å². The van der Waals surface area contributed by atoms with Gasteiger partial charge in [0.25, 0.3) is 5.69 Å². The third-order valence-electron chi connectivity index (χ3n) is 3.29. The number of nitro groups is 1. The van der Waals surface area contributed by atoms with Gasteiger partial charge in [0, 0.05) is 34.8 Å². The highest BCUT2D eigenvalue weighted by atomic mass is 16.6. The molecule has 0 saturated carbocycles. The summed E-state index contributed by atoms with van der Waals surface area (Å²) < 4.78 is 0. The number of H-pyrrole nitrogens is 1. The van der Waals surface area contributed by atoms with Crippen LogP contribution in [0.5, 0.6) is 0 Å². The van der Waals surface area contributed by atoms with Crippen molar-refractivity contribution in [3.63, 3.8) is 0 Å². The van der Waals surface area contributed by atoms with Gasteiger partial charge in [-0.15, -0.1) is 0 Å². The largest absolute Gasteiger partial charge is 0.355 e. The predicted molar refractivity (Wildman–Crippen MR) is 86.6 cm³/mol. The molecule has 0 aliphatic carbocycles. The minimum atomic E-state index is -0.435. The normalized spacial score (nSPS) is 11.1. The zero-order chi connectivity index (χ0) is 15.5. The molecule has 0 bridgehead atoms. The number of nitro benzene ring substituents is 1. The third kappa shape index (κ3) is 2.78. The Morgan fingerprint density at radius 3 is 2.64 bits per heavy atom. The molecule has 0 aliphatic heterocycles. The summed E-state index contributed by atoms with van der Waals surface area (Å²) in [5.41, 5.74) is 2.08. The number of non-ortho nitro benzene ring substituents is 1. The van der Waals surface area contributed by atoms with Gasteiger partial charge in [0.05, 0.1) is 4.92 Å². The molecule has 1 heterocycles. The summed E-state index contributed by atoms with van der Waals surface area (Å²) in [4.78, 5) is 25.5. The van der Waals surface area contributed by atoms with Crippen LogP contribution in [0.1, 0.15) is 11.3 Å². The number of benzene rings is 2. The van der Waals surface area contributed by atoms with Gasteiger partial charge in [-0.05, 0) is 23.8 Å². The van der Waals surface area contributed by atoms with E-state index in [0.717, 1.165) is 5.52 Å². The van der Waals surface area contributed by atoms with E-state index in [0.29, 0.717) is 16.6 Å². The molecule has 0 amide bonds. The third-order valence-corrected chi connectivity index (χ3v) is 3.29. The number of nitrogens with zero attached hydrogens (tertiary/aromatic N) is 1. The molecular formula is C17H12N2O3. The average Bonchev–Trinajstić information content (AvgIpc) is 2.53. The minimum Gasteiger partial charge on any atom is -0.355 e. The minimum absolute atomic E-state index is 0.0363. The summed E-state index contributed by atoms with van der Waals surface area (Å²) in [6.07, 6.45) is 3.46. The maximum Gasteiger partial charge on any atom is 0.270 e. The average molecular weight is 292 g/mol. The van der Waals surface area contributed by atoms with Crippen molar-refractivity contribution in [3.05, 3.63) is 86.2 Å². The lowest BCUT2D eigenvalue weighted by Crippen LogP contribution is -2.02. The molecule has 5 heteroatoms. The highest BCUT2D eigenvalue weighted by Crippen LogP contribution is 2.15. The molecule has 3 rings (SSSR count). The lowest BCUT2D eigenvalue weighted by molar-refractivity contribution is -0.384. The van der Waals surface area contributed by atoms with Crippen molar-refractivity contribution in [2.24, 2.45) is 0 Å². The lowest BCUT2D eigenvalue weighted by atomic mass is 10.1. The molecule has 0 fully saturated rings. The Morgan fingerprint density at radius 1 is 1.00 bits per heavy atom. The number of hydrogen-bond donors (Lipinski definition) is 1. The number of hydrogen-bond acceptors (Lipinski definition) is 3. The second-order valence-electron chi connectivity index (χ2n) is 4.82. The Labute approximate surface area is 125 Å². The van der Waals surface area contributed by atoms with E-state index >= 15 is 0 Å². The van der Waals surface area contributed by atoms with Crippen LogP contribution in [0, 0.1) is 10.1 Å². The van der Waals surface area contributed by atoms with E-state index in [2.05, 4.69) is 4.98 Å². The van der Waals surface area contributed by atoms with Crippen molar-refractivity contribution < 1.29 is 4.92 Å². The number of pyridine rings is 1. The van der Waals surface area contributed by atoms with Gasteiger partial charge in [0.2, 0.25) is 0 Å². The van der Waals surface area contributed by atoms with Gasteiger partial charge >= 0.3 is 0 Å². The second kappa shape index (κ2) is 5.65. The SMILES string of the molecule is O=c1cc(/C=C/c2cccc([N+](=O)[O-])c2)[nH]c2ccccc12. The quantitative estimate of drug-likeness (QED) is 0.592. The molecule has 0 spiro atoms. The van der Waals surface area contributed by atoms with Crippen molar-refractivity contribution in [1.29, 1.82) is 0 Å². The summed E-state index contributed by atoms with van der Waals surface area (Å²) in [6, 6.07) is 15.1.